The Labute approximate surface area is 144 Å². The van der Waals surface area contributed by atoms with Gasteiger partial charge in [0.1, 0.15) is 11.5 Å². The monoisotopic (exact) mass is 357 g/mol. The number of carbonyl (C=O) groups is 1. The zero-order valence-corrected chi connectivity index (χ0v) is 14.0. The van der Waals surface area contributed by atoms with Crippen LogP contribution in [0.5, 0.6) is 0 Å². The Morgan fingerprint density at radius 2 is 1.84 bits per heavy atom. The maximum absolute atomic E-state index is 12.8. The third-order valence-electron chi connectivity index (χ3n) is 4.79. The predicted molar refractivity (Wildman–Crippen MR) is 86.2 cm³/mol. The molecule has 1 aromatic rings. The summed E-state index contributed by atoms with van der Waals surface area (Å²) in [6.07, 6.45) is -2.36. The fourth-order valence-corrected chi connectivity index (χ4v) is 3.31. The lowest BCUT2D eigenvalue weighted by molar-refractivity contribution is -0.141. The van der Waals surface area contributed by atoms with Crippen LogP contribution in [0, 0.1) is 5.92 Å². The normalized spacial score (nSPS) is 20.0. The molecule has 5 nitrogen and oxygen atoms in total. The third-order valence-corrected chi connectivity index (χ3v) is 4.79. The van der Waals surface area contributed by atoms with Crippen molar-refractivity contribution < 1.29 is 22.7 Å². The molecule has 0 aliphatic carbocycles. The van der Waals surface area contributed by atoms with Crippen LogP contribution >= 0.6 is 0 Å². The van der Waals surface area contributed by atoms with Crippen LogP contribution in [0.1, 0.15) is 25.0 Å². The van der Waals surface area contributed by atoms with Gasteiger partial charge in [0.25, 0.3) is 0 Å². The SMILES string of the molecule is O=C(CC1CCN(c2cccc(C(F)(F)F)n2)CC1)N1CCOCC1. The van der Waals surface area contributed by atoms with Crippen molar-refractivity contribution in [3.8, 4) is 0 Å². The van der Waals surface area contributed by atoms with E-state index in [9.17, 15) is 18.0 Å². The van der Waals surface area contributed by atoms with Gasteiger partial charge in [-0.25, -0.2) is 4.98 Å². The third kappa shape index (κ3) is 4.62. The van der Waals surface area contributed by atoms with Crippen molar-refractivity contribution in [2.24, 2.45) is 5.92 Å². The van der Waals surface area contributed by atoms with Crippen LogP contribution in [0.4, 0.5) is 19.0 Å². The van der Waals surface area contributed by atoms with Gasteiger partial charge < -0.3 is 14.5 Å². The van der Waals surface area contributed by atoms with Crippen molar-refractivity contribution in [3.05, 3.63) is 23.9 Å². The molecule has 0 bridgehead atoms. The van der Waals surface area contributed by atoms with Crippen molar-refractivity contribution in [3.63, 3.8) is 0 Å². The number of anilines is 1. The van der Waals surface area contributed by atoms with E-state index >= 15 is 0 Å². The molecular formula is C17H22F3N3O2. The lowest BCUT2D eigenvalue weighted by Gasteiger charge is -2.34. The van der Waals surface area contributed by atoms with Crippen LogP contribution in [0.2, 0.25) is 0 Å². The Morgan fingerprint density at radius 1 is 1.16 bits per heavy atom. The molecule has 0 atom stereocenters. The zero-order chi connectivity index (χ0) is 17.9. The van der Waals surface area contributed by atoms with Gasteiger partial charge in [-0.3, -0.25) is 4.79 Å². The number of alkyl halides is 3. The van der Waals surface area contributed by atoms with Crippen LogP contribution in [0.15, 0.2) is 18.2 Å². The first-order valence-electron chi connectivity index (χ1n) is 8.58. The summed E-state index contributed by atoms with van der Waals surface area (Å²) in [5, 5.41) is 0. The van der Waals surface area contributed by atoms with E-state index in [-0.39, 0.29) is 11.8 Å². The smallest absolute Gasteiger partial charge is 0.378 e. The second-order valence-corrected chi connectivity index (χ2v) is 6.51. The van der Waals surface area contributed by atoms with Crippen LogP contribution in [-0.4, -0.2) is 55.2 Å². The molecule has 2 saturated heterocycles. The molecule has 2 aliphatic heterocycles. The van der Waals surface area contributed by atoms with Gasteiger partial charge in [-0.05, 0) is 30.9 Å². The quantitative estimate of drug-likeness (QED) is 0.834. The summed E-state index contributed by atoms with van der Waals surface area (Å²) in [5.74, 6) is 0.782. The van der Waals surface area contributed by atoms with E-state index in [1.54, 1.807) is 6.07 Å². The fraction of sp³-hybridized carbons (Fsp3) is 0.647. The van der Waals surface area contributed by atoms with Crippen LogP contribution in [0.25, 0.3) is 0 Å². The average molecular weight is 357 g/mol. The summed E-state index contributed by atoms with van der Waals surface area (Å²) in [6, 6.07) is 3.98. The molecule has 0 N–H and O–H groups in total. The van der Waals surface area contributed by atoms with E-state index in [0.29, 0.717) is 51.6 Å². The van der Waals surface area contributed by atoms with Gasteiger partial charge in [-0.15, -0.1) is 0 Å². The fourth-order valence-electron chi connectivity index (χ4n) is 3.31. The van der Waals surface area contributed by atoms with E-state index < -0.39 is 11.9 Å². The van der Waals surface area contributed by atoms with Crippen molar-refractivity contribution in [1.29, 1.82) is 0 Å². The summed E-state index contributed by atoms with van der Waals surface area (Å²) in [7, 11) is 0. The van der Waals surface area contributed by atoms with Crippen LogP contribution < -0.4 is 4.90 Å². The van der Waals surface area contributed by atoms with Gasteiger partial charge >= 0.3 is 6.18 Å². The molecule has 0 aromatic carbocycles. The first kappa shape index (κ1) is 18.0. The van der Waals surface area contributed by atoms with Gasteiger partial charge in [0.15, 0.2) is 0 Å². The minimum absolute atomic E-state index is 0.152. The van der Waals surface area contributed by atoms with E-state index in [4.69, 9.17) is 4.74 Å². The summed E-state index contributed by atoms with van der Waals surface area (Å²) in [4.78, 5) is 19.7. The highest BCUT2D eigenvalue weighted by atomic mass is 19.4. The Morgan fingerprint density at radius 3 is 2.48 bits per heavy atom. The molecule has 2 fully saturated rings. The first-order chi connectivity index (χ1) is 11.9. The predicted octanol–water partition coefficient (Wildman–Crippen LogP) is 2.57. The molecule has 0 saturated carbocycles. The molecule has 0 radical (unpaired) electrons. The van der Waals surface area contributed by atoms with E-state index in [1.807, 2.05) is 9.80 Å². The van der Waals surface area contributed by atoms with Crippen LogP contribution in [-0.2, 0) is 15.7 Å². The number of hydrogen-bond donors (Lipinski definition) is 0. The molecule has 2 aliphatic rings. The van der Waals surface area contributed by atoms with Crippen molar-refractivity contribution in [2.75, 3.05) is 44.3 Å². The Kier molecular flexibility index (Phi) is 5.46. The van der Waals surface area contributed by atoms with Gasteiger partial charge in [0.05, 0.1) is 13.2 Å². The van der Waals surface area contributed by atoms with Crippen LogP contribution in [0.3, 0.4) is 0 Å². The minimum atomic E-state index is -4.43. The zero-order valence-electron chi connectivity index (χ0n) is 14.0. The largest absolute Gasteiger partial charge is 0.433 e. The second kappa shape index (κ2) is 7.59. The van der Waals surface area contributed by atoms with Gasteiger partial charge in [0, 0.05) is 32.6 Å². The van der Waals surface area contributed by atoms with Crippen molar-refractivity contribution in [1.82, 2.24) is 9.88 Å². The Balaban J connectivity index is 1.52. The molecule has 3 rings (SSSR count). The highest BCUT2D eigenvalue weighted by molar-refractivity contribution is 5.76. The number of morpholine rings is 1. The highest BCUT2D eigenvalue weighted by Gasteiger charge is 2.33. The molecule has 0 unspecified atom stereocenters. The Bertz CT molecular complexity index is 595. The topological polar surface area (TPSA) is 45.7 Å². The summed E-state index contributed by atoms with van der Waals surface area (Å²) >= 11 is 0. The molecule has 1 aromatic heterocycles. The number of nitrogens with zero attached hydrogens (tertiary/aromatic N) is 3. The van der Waals surface area contributed by atoms with E-state index in [2.05, 4.69) is 4.98 Å². The van der Waals surface area contributed by atoms with Crippen molar-refractivity contribution in [2.45, 2.75) is 25.4 Å². The number of aromatic nitrogens is 1. The van der Waals surface area contributed by atoms with Gasteiger partial charge in [-0.1, -0.05) is 6.07 Å². The maximum Gasteiger partial charge on any atom is 0.433 e. The molecule has 1 amide bonds. The van der Waals surface area contributed by atoms with Gasteiger partial charge in [-0.2, -0.15) is 13.2 Å². The number of rotatable bonds is 3. The molecule has 0 spiro atoms. The average Bonchev–Trinajstić information content (AvgIpc) is 2.62. The number of piperidine rings is 1. The number of hydrogen-bond acceptors (Lipinski definition) is 4. The molecular weight excluding hydrogens is 335 g/mol. The maximum atomic E-state index is 12.8. The minimum Gasteiger partial charge on any atom is -0.378 e. The second-order valence-electron chi connectivity index (χ2n) is 6.51. The number of amides is 1. The molecule has 25 heavy (non-hydrogen) atoms. The molecule has 8 heteroatoms. The lowest BCUT2D eigenvalue weighted by atomic mass is 9.93. The number of ether oxygens (including phenoxy) is 1. The number of pyridine rings is 1. The summed E-state index contributed by atoms with van der Waals surface area (Å²) in [6.45, 7) is 3.71. The lowest BCUT2D eigenvalue weighted by Crippen LogP contribution is -2.42. The van der Waals surface area contributed by atoms with Gasteiger partial charge in [0.2, 0.25) is 5.91 Å². The van der Waals surface area contributed by atoms with E-state index in [0.717, 1.165) is 18.9 Å². The van der Waals surface area contributed by atoms with Crippen molar-refractivity contribution >= 4 is 11.7 Å². The Hall–Kier alpha value is -1.83. The summed E-state index contributed by atoms with van der Waals surface area (Å²) < 4.78 is 43.6. The molecule has 138 valence electrons. The van der Waals surface area contributed by atoms with E-state index in [1.165, 1.54) is 6.07 Å². The number of carbonyl (C=O) groups excluding carboxylic acids is 1. The molecule has 3 heterocycles. The highest BCUT2D eigenvalue weighted by Crippen LogP contribution is 2.30. The standard InChI is InChI=1S/C17H22F3N3O2/c18-17(19,20)14-2-1-3-15(21-14)22-6-4-13(5-7-22)12-16(24)23-8-10-25-11-9-23/h1-3,13H,4-12H2. The number of halogens is 3. The summed E-state index contributed by atoms with van der Waals surface area (Å²) in [5.41, 5.74) is -0.866. The first-order valence-corrected chi connectivity index (χ1v) is 8.58.